The topological polar surface area (TPSA) is 96.0 Å². The van der Waals surface area contributed by atoms with Crippen LogP contribution in [0.2, 0.25) is 0 Å². The average Bonchev–Trinajstić information content (AvgIpc) is 2.81. The van der Waals surface area contributed by atoms with E-state index < -0.39 is 34.3 Å². The Morgan fingerprint density at radius 2 is 1.74 bits per heavy atom. The largest absolute Gasteiger partial charge is 0.497 e. The number of rotatable bonds is 12. The SMILES string of the molecule is CCCNC(=O)[C@@H](CC)N(Cc1ccc(OC)cc1)C(=O)CN(c1ccccc1F)S(C)(=O)=O. The molecule has 0 aliphatic rings. The molecular formula is C24H32FN3O5S. The fourth-order valence-electron chi connectivity index (χ4n) is 3.46. The van der Waals surface area contributed by atoms with Gasteiger partial charge in [-0.15, -0.1) is 0 Å². The van der Waals surface area contributed by atoms with Gasteiger partial charge in [-0.25, -0.2) is 12.8 Å². The fourth-order valence-corrected chi connectivity index (χ4v) is 4.31. The molecule has 0 radical (unpaired) electrons. The van der Waals surface area contributed by atoms with Crippen molar-refractivity contribution in [2.75, 3.05) is 30.8 Å². The highest BCUT2D eigenvalue weighted by Gasteiger charge is 2.32. The van der Waals surface area contributed by atoms with Gasteiger partial charge in [0.15, 0.2) is 0 Å². The molecule has 34 heavy (non-hydrogen) atoms. The zero-order valence-electron chi connectivity index (χ0n) is 20.0. The third-order valence-corrected chi connectivity index (χ3v) is 6.37. The van der Waals surface area contributed by atoms with Crippen molar-refractivity contribution in [3.8, 4) is 5.75 Å². The van der Waals surface area contributed by atoms with Gasteiger partial charge < -0.3 is 15.0 Å². The maximum Gasteiger partial charge on any atom is 0.244 e. The molecule has 8 nitrogen and oxygen atoms in total. The van der Waals surface area contributed by atoms with Crippen LogP contribution in [0.4, 0.5) is 10.1 Å². The van der Waals surface area contributed by atoms with Gasteiger partial charge in [-0.1, -0.05) is 38.1 Å². The van der Waals surface area contributed by atoms with Crippen LogP contribution in [0.3, 0.4) is 0 Å². The van der Waals surface area contributed by atoms with Crippen molar-refractivity contribution in [2.45, 2.75) is 39.3 Å². The average molecular weight is 494 g/mol. The van der Waals surface area contributed by atoms with E-state index in [0.29, 0.717) is 18.7 Å². The lowest BCUT2D eigenvalue weighted by atomic mass is 10.1. The number of carbonyl (C=O) groups is 2. The number of hydrogen-bond acceptors (Lipinski definition) is 5. The van der Waals surface area contributed by atoms with Crippen LogP contribution in [0.15, 0.2) is 48.5 Å². The molecule has 2 aromatic carbocycles. The predicted octanol–water partition coefficient (Wildman–Crippen LogP) is 2.93. The number of hydrogen-bond donors (Lipinski definition) is 1. The summed E-state index contributed by atoms with van der Waals surface area (Å²) in [5, 5.41) is 2.80. The van der Waals surface area contributed by atoms with Crippen LogP contribution in [0.1, 0.15) is 32.3 Å². The van der Waals surface area contributed by atoms with Crippen molar-refractivity contribution in [2.24, 2.45) is 0 Å². The molecule has 1 atom stereocenters. The highest BCUT2D eigenvalue weighted by Crippen LogP contribution is 2.23. The highest BCUT2D eigenvalue weighted by atomic mass is 32.2. The van der Waals surface area contributed by atoms with Crippen molar-refractivity contribution >= 4 is 27.5 Å². The second-order valence-electron chi connectivity index (χ2n) is 7.81. The van der Waals surface area contributed by atoms with Crippen LogP contribution < -0.4 is 14.4 Å². The zero-order valence-corrected chi connectivity index (χ0v) is 20.8. The Morgan fingerprint density at radius 3 is 2.26 bits per heavy atom. The van der Waals surface area contributed by atoms with Gasteiger partial charge in [-0.3, -0.25) is 13.9 Å². The fraction of sp³-hybridized carbons (Fsp3) is 0.417. The Balaban J connectivity index is 2.42. The first-order valence-corrected chi connectivity index (χ1v) is 12.9. The lowest BCUT2D eigenvalue weighted by Crippen LogP contribution is -2.52. The smallest absolute Gasteiger partial charge is 0.244 e. The number of para-hydroxylation sites is 1. The summed E-state index contributed by atoms with van der Waals surface area (Å²) < 4.78 is 45.3. The van der Waals surface area contributed by atoms with E-state index in [4.69, 9.17) is 4.74 Å². The summed E-state index contributed by atoms with van der Waals surface area (Å²) in [5.74, 6) is -1.08. The molecule has 0 saturated heterocycles. The molecule has 0 aliphatic heterocycles. The van der Waals surface area contributed by atoms with Crippen LogP contribution in [-0.2, 0) is 26.2 Å². The van der Waals surface area contributed by atoms with E-state index in [1.807, 2.05) is 6.92 Å². The first-order valence-electron chi connectivity index (χ1n) is 11.0. The van der Waals surface area contributed by atoms with Gasteiger partial charge in [0.25, 0.3) is 0 Å². The molecule has 1 N–H and O–H groups in total. The Hall–Kier alpha value is -3.14. The minimum absolute atomic E-state index is 0.0652. The van der Waals surface area contributed by atoms with E-state index in [9.17, 15) is 22.4 Å². The molecule has 186 valence electrons. The van der Waals surface area contributed by atoms with E-state index in [1.165, 1.54) is 23.1 Å². The molecule has 10 heteroatoms. The molecule has 0 unspecified atom stereocenters. The van der Waals surface area contributed by atoms with Gasteiger partial charge in [0.2, 0.25) is 21.8 Å². The lowest BCUT2D eigenvalue weighted by molar-refractivity contribution is -0.140. The lowest BCUT2D eigenvalue weighted by Gasteiger charge is -2.33. The number of nitrogens with zero attached hydrogens (tertiary/aromatic N) is 2. The number of halogens is 1. The zero-order chi connectivity index (χ0) is 25.3. The molecule has 0 heterocycles. The molecule has 0 fully saturated rings. The van der Waals surface area contributed by atoms with Crippen molar-refractivity contribution in [1.29, 1.82) is 0 Å². The third kappa shape index (κ3) is 7.18. The van der Waals surface area contributed by atoms with Gasteiger partial charge in [-0.2, -0.15) is 0 Å². The Kier molecular flexibility index (Phi) is 9.85. The summed E-state index contributed by atoms with van der Waals surface area (Å²) in [7, 11) is -2.45. The van der Waals surface area contributed by atoms with E-state index in [2.05, 4.69) is 5.32 Å². The summed E-state index contributed by atoms with van der Waals surface area (Å²) in [6.45, 7) is 3.56. The van der Waals surface area contributed by atoms with Crippen LogP contribution in [-0.4, -0.2) is 57.6 Å². The normalized spacial score (nSPS) is 12.0. The highest BCUT2D eigenvalue weighted by molar-refractivity contribution is 7.92. The van der Waals surface area contributed by atoms with Crippen LogP contribution in [0.5, 0.6) is 5.75 Å². The Bertz CT molecular complexity index is 1080. The molecule has 0 saturated carbocycles. The van der Waals surface area contributed by atoms with Crippen molar-refractivity contribution in [3.63, 3.8) is 0 Å². The predicted molar refractivity (Wildman–Crippen MR) is 130 cm³/mol. The maximum absolute atomic E-state index is 14.4. The van der Waals surface area contributed by atoms with E-state index in [0.717, 1.165) is 28.6 Å². The molecule has 0 aromatic heterocycles. The van der Waals surface area contributed by atoms with Gasteiger partial charge in [0, 0.05) is 13.1 Å². The van der Waals surface area contributed by atoms with Crippen molar-refractivity contribution in [1.82, 2.24) is 10.2 Å². The molecule has 0 aliphatic carbocycles. The number of methoxy groups -OCH3 is 1. The van der Waals surface area contributed by atoms with Crippen molar-refractivity contribution in [3.05, 3.63) is 59.9 Å². The summed E-state index contributed by atoms with van der Waals surface area (Å²) in [5.41, 5.74) is 0.499. The molecule has 2 rings (SSSR count). The second kappa shape index (κ2) is 12.4. The van der Waals surface area contributed by atoms with Gasteiger partial charge in [0.05, 0.1) is 19.1 Å². The molecular weight excluding hydrogens is 461 g/mol. The van der Waals surface area contributed by atoms with Crippen LogP contribution >= 0.6 is 0 Å². The van der Waals surface area contributed by atoms with E-state index in [-0.39, 0.29) is 18.1 Å². The van der Waals surface area contributed by atoms with Crippen LogP contribution in [0.25, 0.3) is 0 Å². The quantitative estimate of drug-likeness (QED) is 0.491. The minimum atomic E-state index is -3.99. The monoisotopic (exact) mass is 493 g/mol. The van der Waals surface area contributed by atoms with E-state index in [1.54, 1.807) is 38.3 Å². The molecule has 2 aromatic rings. The Morgan fingerprint density at radius 1 is 1.09 bits per heavy atom. The van der Waals surface area contributed by atoms with Crippen LogP contribution in [0, 0.1) is 5.82 Å². The molecule has 0 spiro atoms. The van der Waals surface area contributed by atoms with Gasteiger partial charge in [0.1, 0.15) is 24.2 Å². The number of nitrogens with one attached hydrogen (secondary N) is 1. The first kappa shape index (κ1) is 27.1. The Labute approximate surface area is 200 Å². The number of anilines is 1. The second-order valence-corrected chi connectivity index (χ2v) is 9.71. The van der Waals surface area contributed by atoms with Crippen molar-refractivity contribution < 1.29 is 27.1 Å². The number of carbonyl (C=O) groups excluding carboxylic acids is 2. The first-order chi connectivity index (χ1) is 16.1. The number of sulfonamides is 1. The molecule has 0 bridgehead atoms. The molecule has 2 amide bonds. The number of benzene rings is 2. The minimum Gasteiger partial charge on any atom is -0.497 e. The van der Waals surface area contributed by atoms with Gasteiger partial charge in [-0.05, 0) is 42.7 Å². The van der Waals surface area contributed by atoms with Gasteiger partial charge >= 0.3 is 0 Å². The summed E-state index contributed by atoms with van der Waals surface area (Å²) in [6.07, 6.45) is 1.95. The summed E-state index contributed by atoms with van der Waals surface area (Å²) >= 11 is 0. The summed E-state index contributed by atoms with van der Waals surface area (Å²) in [4.78, 5) is 27.7. The maximum atomic E-state index is 14.4. The van der Waals surface area contributed by atoms with E-state index >= 15 is 0 Å². The number of amides is 2. The summed E-state index contributed by atoms with van der Waals surface area (Å²) in [6, 6.07) is 11.5. The standard InChI is InChI=1S/C24H32FN3O5S/c1-5-15-26-24(30)21(6-2)27(16-18-11-13-19(33-3)14-12-18)23(29)17-28(34(4,31)32)22-10-8-7-9-20(22)25/h7-14,21H,5-6,15-17H2,1-4H3,(H,26,30)/t21-/m1/s1. The number of ether oxygens (including phenoxy) is 1. The third-order valence-electron chi connectivity index (χ3n) is 5.25.